The number of aromatic nitrogens is 1. The number of hydrogen-bond acceptors (Lipinski definition) is 5. The van der Waals surface area contributed by atoms with Gasteiger partial charge in [0, 0.05) is 30.9 Å². The number of carbonyl (C=O) groups is 2. The number of hydrogen-bond donors (Lipinski definition) is 1. The van der Waals surface area contributed by atoms with Crippen LogP contribution in [-0.2, 0) is 9.59 Å². The van der Waals surface area contributed by atoms with Gasteiger partial charge in [-0.3, -0.25) is 9.59 Å². The molecule has 2 heterocycles. The predicted octanol–water partition coefficient (Wildman–Crippen LogP) is 2.74. The van der Waals surface area contributed by atoms with Gasteiger partial charge in [0.05, 0.1) is 25.2 Å². The van der Waals surface area contributed by atoms with Gasteiger partial charge in [0.2, 0.25) is 11.8 Å². The van der Waals surface area contributed by atoms with Crippen molar-refractivity contribution in [2.24, 2.45) is 5.92 Å². The van der Waals surface area contributed by atoms with E-state index >= 15 is 0 Å². The van der Waals surface area contributed by atoms with Crippen molar-refractivity contribution in [1.82, 2.24) is 4.98 Å². The van der Waals surface area contributed by atoms with Gasteiger partial charge in [0.15, 0.2) is 11.5 Å². The summed E-state index contributed by atoms with van der Waals surface area (Å²) in [6.07, 6.45) is 1.58. The van der Waals surface area contributed by atoms with Gasteiger partial charge in [-0.15, -0.1) is 0 Å². The van der Waals surface area contributed by atoms with Crippen molar-refractivity contribution in [3.8, 4) is 11.5 Å². The van der Waals surface area contributed by atoms with E-state index in [0.29, 0.717) is 28.0 Å². The van der Waals surface area contributed by atoms with E-state index in [1.54, 1.807) is 42.3 Å². The Hall–Kier alpha value is -2.80. The van der Waals surface area contributed by atoms with E-state index in [9.17, 15) is 9.59 Å². The average Bonchev–Trinajstić information content (AvgIpc) is 3.05. The number of methoxy groups -OCH3 is 2. The summed E-state index contributed by atoms with van der Waals surface area (Å²) in [7, 11) is 3.08. The van der Waals surface area contributed by atoms with Crippen LogP contribution >= 0.6 is 11.6 Å². The minimum Gasteiger partial charge on any atom is -0.493 e. The maximum absolute atomic E-state index is 12.4. The molecule has 1 N–H and O–H groups in total. The molecule has 1 aliphatic heterocycles. The lowest BCUT2D eigenvalue weighted by molar-refractivity contribution is -0.122. The summed E-state index contributed by atoms with van der Waals surface area (Å²) >= 11 is 5.78. The average molecular weight is 376 g/mol. The van der Waals surface area contributed by atoms with Crippen molar-refractivity contribution in [1.29, 1.82) is 0 Å². The minimum atomic E-state index is -0.465. The third kappa shape index (κ3) is 3.72. The first-order valence-corrected chi connectivity index (χ1v) is 8.34. The Labute approximate surface area is 155 Å². The highest BCUT2D eigenvalue weighted by Crippen LogP contribution is 2.34. The fourth-order valence-corrected chi connectivity index (χ4v) is 2.92. The quantitative estimate of drug-likeness (QED) is 0.869. The number of benzene rings is 1. The van der Waals surface area contributed by atoms with Crippen LogP contribution in [0.2, 0.25) is 5.02 Å². The first kappa shape index (κ1) is 18.0. The summed E-state index contributed by atoms with van der Waals surface area (Å²) in [6, 6.07) is 8.47. The van der Waals surface area contributed by atoms with E-state index in [0.717, 1.165) is 0 Å². The molecule has 1 unspecified atom stereocenters. The van der Waals surface area contributed by atoms with E-state index in [2.05, 4.69) is 10.3 Å². The summed E-state index contributed by atoms with van der Waals surface area (Å²) in [5, 5.41) is 3.20. The van der Waals surface area contributed by atoms with Crippen LogP contribution in [0, 0.1) is 5.92 Å². The first-order valence-electron chi connectivity index (χ1n) is 7.96. The summed E-state index contributed by atoms with van der Waals surface area (Å²) in [5.41, 5.74) is 0.660. The van der Waals surface area contributed by atoms with E-state index in [-0.39, 0.29) is 24.8 Å². The van der Waals surface area contributed by atoms with Gasteiger partial charge < -0.3 is 19.7 Å². The second-order valence-electron chi connectivity index (χ2n) is 5.80. The largest absolute Gasteiger partial charge is 0.493 e. The smallest absolute Gasteiger partial charge is 0.230 e. The van der Waals surface area contributed by atoms with Crippen LogP contribution in [0.15, 0.2) is 36.5 Å². The summed E-state index contributed by atoms with van der Waals surface area (Å²) in [4.78, 5) is 30.4. The topological polar surface area (TPSA) is 80.8 Å². The second kappa shape index (κ2) is 7.61. The van der Waals surface area contributed by atoms with Crippen LogP contribution in [0.25, 0.3) is 0 Å². The van der Waals surface area contributed by atoms with Crippen molar-refractivity contribution in [3.05, 3.63) is 41.6 Å². The van der Waals surface area contributed by atoms with E-state index < -0.39 is 5.92 Å². The van der Waals surface area contributed by atoms with E-state index in [1.807, 2.05) is 0 Å². The van der Waals surface area contributed by atoms with Gasteiger partial charge in [-0.1, -0.05) is 11.6 Å². The Morgan fingerprint density at radius 1 is 1.23 bits per heavy atom. The molecule has 2 amide bonds. The number of ether oxygens (including phenoxy) is 2. The van der Waals surface area contributed by atoms with Gasteiger partial charge in [0.1, 0.15) is 5.82 Å². The number of nitrogens with zero attached hydrogens (tertiary/aromatic N) is 2. The molecule has 1 aromatic heterocycles. The normalized spacial score (nSPS) is 16.5. The summed E-state index contributed by atoms with van der Waals surface area (Å²) in [5.74, 6) is 0.657. The lowest BCUT2D eigenvalue weighted by atomic mass is 10.1. The van der Waals surface area contributed by atoms with Gasteiger partial charge in [-0.2, -0.15) is 0 Å². The molecule has 2 aromatic rings. The summed E-state index contributed by atoms with van der Waals surface area (Å²) < 4.78 is 10.5. The van der Waals surface area contributed by atoms with Crippen molar-refractivity contribution in [2.45, 2.75) is 6.42 Å². The molecule has 1 atom stereocenters. The highest BCUT2D eigenvalue weighted by Gasteiger charge is 2.35. The maximum Gasteiger partial charge on any atom is 0.230 e. The zero-order valence-electron chi connectivity index (χ0n) is 14.4. The molecule has 1 aliphatic rings. The SMILES string of the molecule is COc1ccc(N2CC(C(=O)Nc3ccc(Cl)cn3)CC2=O)cc1OC. The lowest BCUT2D eigenvalue weighted by Crippen LogP contribution is -2.28. The lowest BCUT2D eigenvalue weighted by Gasteiger charge is -2.18. The molecule has 7 nitrogen and oxygen atoms in total. The van der Waals surface area contributed by atoms with Crippen molar-refractivity contribution < 1.29 is 19.1 Å². The molecule has 136 valence electrons. The number of halogens is 1. The third-order valence-electron chi connectivity index (χ3n) is 4.15. The van der Waals surface area contributed by atoms with Crippen LogP contribution < -0.4 is 19.7 Å². The number of rotatable bonds is 5. The minimum absolute atomic E-state index is 0.124. The second-order valence-corrected chi connectivity index (χ2v) is 6.23. The Kier molecular flexibility index (Phi) is 5.27. The molecule has 26 heavy (non-hydrogen) atoms. The maximum atomic E-state index is 12.4. The third-order valence-corrected chi connectivity index (χ3v) is 4.38. The van der Waals surface area contributed by atoms with Gasteiger partial charge >= 0.3 is 0 Å². The van der Waals surface area contributed by atoms with Crippen LogP contribution in [-0.4, -0.2) is 37.6 Å². The molecule has 1 fully saturated rings. The summed E-state index contributed by atoms with van der Waals surface area (Å²) in [6.45, 7) is 0.285. The number of pyridine rings is 1. The van der Waals surface area contributed by atoms with Gasteiger partial charge in [-0.25, -0.2) is 4.98 Å². The van der Waals surface area contributed by atoms with Gasteiger partial charge in [0.25, 0.3) is 0 Å². The molecular weight excluding hydrogens is 358 g/mol. The number of anilines is 2. The van der Waals surface area contributed by atoms with Gasteiger partial charge in [-0.05, 0) is 24.3 Å². The molecule has 0 spiro atoms. The molecular formula is C18H18ClN3O4. The monoisotopic (exact) mass is 375 g/mol. The van der Waals surface area contributed by atoms with Crippen LogP contribution in [0.4, 0.5) is 11.5 Å². The van der Waals surface area contributed by atoms with Crippen LogP contribution in [0.3, 0.4) is 0 Å². The molecule has 0 saturated carbocycles. The Balaban J connectivity index is 1.72. The van der Waals surface area contributed by atoms with Crippen molar-refractivity contribution in [3.63, 3.8) is 0 Å². The molecule has 0 bridgehead atoms. The van der Waals surface area contributed by atoms with Crippen molar-refractivity contribution in [2.75, 3.05) is 31.0 Å². The fourth-order valence-electron chi connectivity index (χ4n) is 2.80. The standard InChI is InChI=1S/C18H18ClN3O4/c1-25-14-5-4-13(8-15(14)26-2)22-10-11(7-17(22)23)18(24)21-16-6-3-12(19)9-20-16/h3-6,8-9,11H,7,10H2,1-2H3,(H,20,21,24). The number of carbonyl (C=O) groups excluding carboxylic acids is 2. The number of amides is 2. The Bertz CT molecular complexity index is 826. The number of nitrogens with one attached hydrogen (secondary N) is 1. The fraction of sp³-hybridized carbons (Fsp3) is 0.278. The molecule has 3 rings (SSSR count). The van der Waals surface area contributed by atoms with E-state index in [4.69, 9.17) is 21.1 Å². The zero-order valence-corrected chi connectivity index (χ0v) is 15.1. The Morgan fingerprint density at radius 3 is 2.65 bits per heavy atom. The highest BCUT2D eigenvalue weighted by atomic mass is 35.5. The molecule has 0 aliphatic carbocycles. The molecule has 1 saturated heterocycles. The van der Waals surface area contributed by atoms with E-state index in [1.165, 1.54) is 13.3 Å². The van der Waals surface area contributed by atoms with Crippen molar-refractivity contribution >= 4 is 34.9 Å². The molecule has 1 aromatic carbocycles. The van der Waals surface area contributed by atoms with Crippen LogP contribution in [0.1, 0.15) is 6.42 Å². The first-order chi connectivity index (χ1) is 12.5. The van der Waals surface area contributed by atoms with Crippen LogP contribution in [0.5, 0.6) is 11.5 Å². The zero-order chi connectivity index (χ0) is 18.7. The molecule has 0 radical (unpaired) electrons. The Morgan fingerprint density at radius 2 is 2.00 bits per heavy atom. The predicted molar refractivity (Wildman–Crippen MR) is 97.9 cm³/mol. The molecule has 8 heteroatoms. The highest BCUT2D eigenvalue weighted by molar-refractivity contribution is 6.30.